The van der Waals surface area contributed by atoms with E-state index in [9.17, 15) is 4.79 Å². The zero-order chi connectivity index (χ0) is 20.2. The van der Waals surface area contributed by atoms with Gasteiger partial charge in [-0.15, -0.1) is 0 Å². The molecule has 0 unspecified atom stereocenters. The van der Waals surface area contributed by atoms with E-state index in [0.717, 1.165) is 23.6 Å². The van der Waals surface area contributed by atoms with E-state index in [4.69, 9.17) is 9.47 Å². The van der Waals surface area contributed by atoms with Gasteiger partial charge in [0.1, 0.15) is 11.5 Å². The summed E-state index contributed by atoms with van der Waals surface area (Å²) in [6.07, 6.45) is 2.06. The van der Waals surface area contributed by atoms with Crippen LogP contribution in [0.2, 0.25) is 0 Å². The van der Waals surface area contributed by atoms with E-state index < -0.39 is 0 Å². The average molecular weight is 391 g/mol. The summed E-state index contributed by atoms with van der Waals surface area (Å²) in [5.41, 5.74) is 2.86. The van der Waals surface area contributed by atoms with Gasteiger partial charge in [-0.05, 0) is 48.9 Å². The number of ether oxygens (including phenoxy) is 2. The molecule has 2 amide bonds. The zero-order valence-corrected chi connectivity index (χ0v) is 16.7. The fourth-order valence-electron chi connectivity index (χ4n) is 3.76. The Morgan fingerprint density at radius 1 is 1.07 bits per heavy atom. The number of hydrogen-bond donors (Lipinski definition) is 1. The summed E-state index contributed by atoms with van der Waals surface area (Å²) in [4.78, 5) is 15.1. The van der Waals surface area contributed by atoms with E-state index in [-0.39, 0.29) is 12.1 Å². The highest BCUT2D eigenvalue weighted by atomic mass is 16.5. The van der Waals surface area contributed by atoms with E-state index >= 15 is 0 Å². The number of benzene rings is 2. The molecule has 6 nitrogen and oxygen atoms in total. The van der Waals surface area contributed by atoms with Gasteiger partial charge in [-0.25, -0.2) is 4.79 Å². The molecule has 4 rings (SSSR count). The number of rotatable bonds is 5. The highest BCUT2D eigenvalue weighted by Gasteiger charge is 2.32. The van der Waals surface area contributed by atoms with Crippen LogP contribution in [0.15, 0.2) is 66.9 Å². The number of methoxy groups -OCH3 is 1. The minimum Gasteiger partial charge on any atom is -0.497 e. The number of fused-ring (bicyclic) bond motifs is 1. The minimum absolute atomic E-state index is 0.135. The molecule has 29 heavy (non-hydrogen) atoms. The summed E-state index contributed by atoms with van der Waals surface area (Å²) >= 11 is 0. The predicted octanol–water partition coefficient (Wildman–Crippen LogP) is 4.53. The normalized spacial score (nSPS) is 15.5. The van der Waals surface area contributed by atoms with Gasteiger partial charge in [-0.3, -0.25) is 0 Å². The molecular weight excluding hydrogens is 366 g/mol. The van der Waals surface area contributed by atoms with E-state index in [1.54, 1.807) is 7.11 Å². The van der Waals surface area contributed by atoms with Crippen LogP contribution >= 0.6 is 0 Å². The molecule has 3 aromatic rings. The Morgan fingerprint density at radius 2 is 1.90 bits per heavy atom. The molecule has 0 spiro atoms. The Morgan fingerprint density at radius 3 is 2.66 bits per heavy atom. The van der Waals surface area contributed by atoms with Crippen LogP contribution in [-0.4, -0.2) is 35.8 Å². The number of hydrogen-bond acceptors (Lipinski definition) is 3. The zero-order valence-electron chi connectivity index (χ0n) is 16.7. The number of urea groups is 1. The van der Waals surface area contributed by atoms with E-state index in [0.29, 0.717) is 24.6 Å². The Balaban J connectivity index is 1.63. The van der Waals surface area contributed by atoms with Crippen LogP contribution in [0.25, 0.3) is 0 Å². The van der Waals surface area contributed by atoms with Crippen molar-refractivity contribution in [2.75, 3.05) is 25.6 Å². The molecule has 1 atom stereocenters. The van der Waals surface area contributed by atoms with Gasteiger partial charge in [0.15, 0.2) is 0 Å². The van der Waals surface area contributed by atoms with Crippen LogP contribution in [0, 0.1) is 0 Å². The molecular formula is C23H25N3O3. The summed E-state index contributed by atoms with van der Waals surface area (Å²) in [6.45, 7) is 3.98. The maximum Gasteiger partial charge on any atom is 0.322 e. The van der Waals surface area contributed by atoms with Crippen molar-refractivity contribution in [3.8, 4) is 11.5 Å². The largest absolute Gasteiger partial charge is 0.497 e. The lowest BCUT2D eigenvalue weighted by Gasteiger charge is -2.37. The molecule has 0 aliphatic carbocycles. The SMILES string of the molecule is CCOc1ccc([C@@H]2c3cccn3CCN2C(=O)Nc2cccc(OC)c2)cc1. The smallest absolute Gasteiger partial charge is 0.322 e. The molecule has 0 fully saturated rings. The Hall–Kier alpha value is -3.41. The summed E-state index contributed by atoms with van der Waals surface area (Å²) in [5, 5.41) is 3.01. The van der Waals surface area contributed by atoms with E-state index in [2.05, 4.69) is 22.1 Å². The number of nitrogens with one attached hydrogen (secondary N) is 1. The lowest BCUT2D eigenvalue weighted by atomic mass is 10.00. The second kappa shape index (κ2) is 8.31. The third-order valence-corrected chi connectivity index (χ3v) is 5.13. The molecule has 150 valence electrons. The van der Waals surface area contributed by atoms with Gasteiger partial charge in [0.25, 0.3) is 0 Å². The number of carbonyl (C=O) groups is 1. The van der Waals surface area contributed by atoms with Gasteiger partial charge in [0, 0.05) is 36.7 Å². The molecule has 2 heterocycles. The van der Waals surface area contributed by atoms with Crippen molar-refractivity contribution in [1.82, 2.24) is 9.47 Å². The highest BCUT2D eigenvalue weighted by Crippen LogP contribution is 2.34. The maximum atomic E-state index is 13.2. The number of aromatic nitrogens is 1. The monoisotopic (exact) mass is 391 g/mol. The quantitative estimate of drug-likeness (QED) is 0.695. The Kier molecular flexibility index (Phi) is 5.42. The van der Waals surface area contributed by atoms with Crippen molar-refractivity contribution >= 4 is 11.7 Å². The van der Waals surface area contributed by atoms with Gasteiger partial charge < -0.3 is 24.3 Å². The summed E-state index contributed by atoms with van der Waals surface area (Å²) < 4.78 is 13.0. The van der Waals surface area contributed by atoms with Gasteiger partial charge in [-0.1, -0.05) is 18.2 Å². The lowest BCUT2D eigenvalue weighted by Crippen LogP contribution is -2.44. The van der Waals surface area contributed by atoms with Gasteiger partial charge in [0.05, 0.1) is 19.8 Å². The summed E-state index contributed by atoms with van der Waals surface area (Å²) in [6, 6.07) is 19.2. The first-order valence-electron chi connectivity index (χ1n) is 9.79. The number of amides is 2. The van der Waals surface area contributed by atoms with Crippen molar-refractivity contribution in [3.05, 3.63) is 78.1 Å². The highest BCUT2D eigenvalue weighted by molar-refractivity contribution is 5.90. The molecule has 1 aromatic heterocycles. The minimum atomic E-state index is -0.167. The van der Waals surface area contributed by atoms with Crippen LogP contribution in [0.5, 0.6) is 11.5 Å². The topological polar surface area (TPSA) is 55.7 Å². The van der Waals surface area contributed by atoms with Crippen molar-refractivity contribution in [2.24, 2.45) is 0 Å². The van der Waals surface area contributed by atoms with Gasteiger partial charge >= 0.3 is 6.03 Å². The molecule has 1 N–H and O–H groups in total. The van der Waals surface area contributed by atoms with Crippen LogP contribution in [0.4, 0.5) is 10.5 Å². The molecule has 1 aliphatic heterocycles. The Bertz CT molecular complexity index is 981. The second-order valence-corrected chi connectivity index (χ2v) is 6.89. The number of carbonyl (C=O) groups excluding carboxylic acids is 1. The average Bonchev–Trinajstić information content (AvgIpc) is 3.23. The molecule has 1 aliphatic rings. The Labute approximate surface area is 170 Å². The fourth-order valence-corrected chi connectivity index (χ4v) is 3.76. The second-order valence-electron chi connectivity index (χ2n) is 6.89. The molecule has 0 saturated heterocycles. The standard InChI is InChI=1S/C23H25N3O3/c1-3-29-19-11-9-17(10-12-19)22-21-8-5-13-25(21)14-15-26(22)23(27)24-18-6-4-7-20(16-18)28-2/h4-13,16,22H,3,14-15H2,1-2H3,(H,24,27)/t22-/m1/s1. The van der Waals surface area contributed by atoms with Crippen molar-refractivity contribution in [1.29, 1.82) is 0 Å². The summed E-state index contributed by atoms with van der Waals surface area (Å²) in [7, 11) is 1.61. The molecule has 0 radical (unpaired) electrons. The van der Waals surface area contributed by atoms with Gasteiger partial charge in [-0.2, -0.15) is 0 Å². The first kappa shape index (κ1) is 18.9. The van der Waals surface area contributed by atoms with Crippen LogP contribution in [-0.2, 0) is 6.54 Å². The molecule has 6 heteroatoms. The molecule has 0 bridgehead atoms. The fraction of sp³-hybridized carbons (Fsp3) is 0.261. The number of anilines is 1. The molecule has 2 aromatic carbocycles. The van der Waals surface area contributed by atoms with Crippen molar-refractivity contribution in [3.63, 3.8) is 0 Å². The first-order chi connectivity index (χ1) is 14.2. The third-order valence-electron chi connectivity index (χ3n) is 5.13. The van der Waals surface area contributed by atoms with E-state index in [1.165, 1.54) is 0 Å². The number of nitrogens with zero attached hydrogens (tertiary/aromatic N) is 2. The van der Waals surface area contributed by atoms with Crippen LogP contribution < -0.4 is 14.8 Å². The lowest BCUT2D eigenvalue weighted by molar-refractivity contribution is 0.182. The van der Waals surface area contributed by atoms with Crippen molar-refractivity contribution < 1.29 is 14.3 Å². The maximum absolute atomic E-state index is 13.2. The predicted molar refractivity (Wildman–Crippen MR) is 113 cm³/mol. The first-order valence-corrected chi connectivity index (χ1v) is 9.79. The van der Waals surface area contributed by atoms with Crippen molar-refractivity contribution in [2.45, 2.75) is 19.5 Å². The summed E-state index contributed by atoms with van der Waals surface area (Å²) in [5.74, 6) is 1.54. The third kappa shape index (κ3) is 3.92. The van der Waals surface area contributed by atoms with Crippen LogP contribution in [0.1, 0.15) is 24.2 Å². The van der Waals surface area contributed by atoms with Crippen LogP contribution in [0.3, 0.4) is 0 Å². The molecule has 0 saturated carbocycles. The van der Waals surface area contributed by atoms with E-state index in [1.807, 2.05) is 66.4 Å². The van der Waals surface area contributed by atoms with Gasteiger partial charge in [0.2, 0.25) is 0 Å².